The van der Waals surface area contributed by atoms with Gasteiger partial charge in [-0.3, -0.25) is 14.4 Å². The van der Waals surface area contributed by atoms with Crippen molar-refractivity contribution in [1.29, 1.82) is 0 Å². The van der Waals surface area contributed by atoms with Gasteiger partial charge >= 0.3 is 5.97 Å². The molecular formula is C13H15BrN2O4. The molecule has 0 saturated carbocycles. The summed E-state index contributed by atoms with van der Waals surface area (Å²) in [6.07, 6.45) is 0. The number of hydrogen-bond donors (Lipinski definition) is 2. The van der Waals surface area contributed by atoms with Crippen molar-refractivity contribution >= 4 is 33.7 Å². The first-order valence-electron chi connectivity index (χ1n) is 5.99. The first-order valence-corrected chi connectivity index (χ1v) is 6.78. The van der Waals surface area contributed by atoms with Gasteiger partial charge in [-0.25, -0.2) is 0 Å². The lowest BCUT2D eigenvalue weighted by atomic mass is 10.2. The number of ether oxygens (including phenoxy) is 1. The molecule has 0 aliphatic heterocycles. The van der Waals surface area contributed by atoms with Crippen molar-refractivity contribution in [2.75, 3.05) is 19.7 Å². The van der Waals surface area contributed by atoms with E-state index in [4.69, 9.17) is 0 Å². The number of esters is 1. The van der Waals surface area contributed by atoms with E-state index in [0.29, 0.717) is 5.56 Å². The fraction of sp³-hybridized carbons (Fsp3) is 0.308. The third-order valence-corrected chi connectivity index (χ3v) is 2.72. The maximum absolute atomic E-state index is 11.7. The van der Waals surface area contributed by atoms with Crippen molar-refractivity contribution in [1.82, 2.24) is 10.6 Å². The first kappa shape index (κ1) is 16.2. The summed E-state index contributed by atoms with van der Waals surface area (Å²) < 4.78 is 5.43. The molecule has 0 aliphatic rings. The molecule has 20 heavy (non-hydrogen) atoms. The molecular weight excluding hydrogens is 328 g/mol. The van der Waals surface area contributed by atoms with Gasteiger partial charge in [0.05, 0.1) is 13.2 Å². The predicted octanol–water partition coefficient (Wildman–Crippen LogP) is 0.858. The van der Waals surface area contributed by atoms with Crippen molar-refractivity contribution in [3.05, 3.63) is 34.3 Å². The standard InChI is InChI=1S/C13H15BrN2O4/c1-2-20-12(18)8-15-11(17)7-16-13(19)9-4-3-5-10(14)6-9/h3-6H,2,7-8H2,1H3,(H,15,17)(H,16,19). The smallest absolute Gasteiger partial charge is 0.325 e. The maximum atomic E-state index is 11.7. The predicted molar refractivity (Wildman–Crippen MR) is 76.1 cm³/mol. The Morgan fingerprint density at radius 2 is 1.95 bits per heavy atom. The number of halogens is 1. The minimum Gasteiger partial charge on any atom is -0.465 e. The van der Waals surface area contributed by atoms with Crippen LogP contribution >= 0.6 is 15.9 Å². The number of benzene rings is 1. The summed E-state index contributed by atoms with van der Waals surface area (Å²) in [4.78, 5) is 34.2. The number of hydrogen-bond acceptors (Lipinski definition) is 4. The Morgan fingerprint density at radius 1 is 1.20 bits per heavy atom. The maximum Gasteiger partial charge on any atom is 0.325 e. The second-order valence-electron chi connectivity index (χ2n) is 3.77. The molecule has 0 spiro atoms. The van der Waals surface area contributed by atoms with E-state index >= 15 is 0 Å². The molecule has 6 nitrogen and oxygen atoms in total. The van der Waals surface area contributed by atoms with E-state index in [1.165, 1.54) is 0 Å². The fourth-order valence-electron chi connectivity index (χ4n) is 1.34. The van der Waals surface area contributed by atoms with Gasteiger partial charge < -0.3 is 15.4 Å². The Labute approximate surface area is 125 Å². The van der Waals surface area contributed by atoms with Gasteiger partial charge in [0.25, 0.3) is 5.91 Å². The molecule has 7 heteroatoms. The Balaban J connectivity index is 2.34. The number of carbonyl (C=O) groups excluding carboxylic acids is 3. The Bertz CT molecular complexity index is 505. The van der Waals surface area contributed by atoms with Crippen molar-refractivity contribution in [2.45, 2.75) is 6.92 Å². The summed E-state index contributed by atoms with van der Waals surface area (Å²) in [7, 11) is 0. The fourth-order valence-corrected chi connectivity index (χ4v) is 1.74. The molecule has 0 saturated heterocycles. The lowest BCUT2D eigenvalue weighted by Gasteiger charge is -2.07. The van der Waals surface area contributed by atoms with E-state index in [0.717, 1.165) is 4.47 Å². The SMILES string of the molecule is CCOC(=O)CNC(=O)CNC(=O)c1cccc(Br)c1. The minimum absolute atomic E-state index is 0.204. The average Bonchev–Trinajstić information content (AvgIpc) is 2.43. The van der Waals surface area contributed by atoms with Crippen LogP contribution in [-0.2, 0) is 14.3 Å². The molecule has 0 aliphatic carbocycles. The van der Waals surface area contributed by atoms with Crippen LogP contribution in [0.4, 0.5) is 0 Å². The molecule has 0 aromatic heterocycles. The van der Waals surface area contributed by atoms with E-state index in [1.807, 2.05) is 0 Å². The van der Waals surface area contributed by atoms with E-state index < -0.39 is 11.9 Å². The van der Waals surface area contributed by atoms with Crippen LogP contribution in [0.3, 0.4) is 0 Å². The zero-order chi connectivity index (χ0) is 15.0. The van der Waals surface area contributed by atoms with Gasteiger partial charge in [-0.15, -0.1) is 0 Å². The molecule has 1 aromatic rings. The second kappa shape index (κ2) is 8.31. The minimum atomic E-state index is -0.515. The first-order chi connectivity index (χ1) is 9.52. The summed E-state index contributed by atoms with van der Waals surface area (Å²) in [5.41, 5.74) is 0.442. The largest absolute Gasteiger partial charge is 0.465 e. The van der Waals surface area contributed by atoms with E-state index in [-0.39, 0.29) is 25.6 Å². The molecule has 2 N–H and O–H groups in total. The molecule has 0 atom stereocenters. The van der Waals surface area contributed by atoms with E-state index in [9.17, 15) is 14.4 Å². The second-order valence-corrected chi connectivity index (χ2v) is 4.69. The Morgan fingerprint density at radius 3 is 2.60 bits per heavy atom. The summed E-state index contributed by atoms with van der Waals surface area (Å²) in [5, 5.41) is 4.81. The summed E-state index contributed by atoms with van der Waals surface area (Å²) in [6.45, 7) is 1.52. The molecule has 2 amide bonds. The van der Waals surface area contributed by atoms with Gasteiger partial charge in [-0.2, -0.15) is 0 Å². The van der Waals surface area contributed by atoms with Gasteiger partial charge in [0, 0.05) is 10.0 Å². The normalized spacial score (nSPS) is 9.70. The van der Waals surface area contributed by atoms with Gasteiger partial charge in [0.15, 0.2) is 0 Å². The molecule has 0 radical (unpaired) electrons. The Hall–Kier alpha value is -1.89. The number of carbonyl (C=O) groups is 3. The summed E-state index contributed by atoms with van der Waals surface area (Å²) in [6, 6.07) is 6.80. The summed E-state index contributed by atoms with van der Waals surface area (Å²) >= 11 is 3.26. The number of amides is 2. The monoisotopic (exact) mass is 342 g/mol. The molecule has 108 valence electrons. The van der Waals surface area contributed by atoms with Crippen LogP contribution < -0.4 is 10.6 Å². The van der Waals surface area contributed by atoms with Gasteiger partial charge in [0.2, 0.25) is 5.91 Å². The molecule has 1 aromatic carbocycles. The molecule has 0 heterocycles. The molecule has 0 unspecified atom stereocenters. The highest BCUT2D eigenvalue weighted by molar-refractivity contribution is 9.10. The van der Waals surface area contributed by atoms with E-state index in [1.54, 1.807) is 31.2 Å². The highest BCUT2D eigenvalue weighted by atomic mass is 79.9. The lowest BCUT2D eigenvalue weighted by molar-refractivity contribution is -0.143. The van der Waals surface area contributed by atoms with Gasteiger partial charge in [-0.1, -0.05) is 22.0 Å². The van der Waals surface area contributed by atoms with Gasteiger partial charge in [0.1, 0.15) is 6.54 Å². The van der Waals surface area contributed by atoms with Crippen LogP contribution in [0, 0.1) is 0 Å². The van der Waals surface area contributed by atoms with E-state index in [2.05, 4.69) is 31.3 Å². The third kappa shape index (κ3) is 5.83. The van der Waals surface area contributed by atoms with Crippen molar-refractivity contribution in [2.24, 2.45) is 0 Å². The topological polar surface area (TPSA) is 84.5 Å². The number of rotatable bonds is 6. The molecule has 0 fully saturated rings. The Kier molecular flexibility index (Phi) is 6.72. The van der Waals surface area contributed by atoms with Crippen LogP contribution in [0.5, 0.6) is 0 Å². The quantitative estimate of drug-likeness (QED) is 0.751. The highest BCUT2D eigenvalue weighted by Crippen LogP contribution is 2.11. The van der Waals surface area contributed by atoms with Crippen LogP contribution in [0.1, 0.15) is 17.3 Å². The average molecular weight is 343 g/mol. The van der Waals surface area contributed by atoms with Crippen LogP contribution in [-0.4, -0.2) is 37.5 Å². The molecule has 1 rings (SSSR count). The van der Waals surface area contributed by atoms with Crippen LogP contribution in [0.25, 0.3) is 0 Å². The van der Waals surface area contributed by atoms with Gasteiger partial charge in [-0.05, 0) is 25.1 Å². The summed E-state index contributed by atoms with van der Waals surface area (Å²) in [5.74, 6) is -1.34. The van der Waals surface area contributed by atoms with Crippen molar-refractivity contribution in [3.8, 4) is 0 Å². The zero-order valence-corrected chi connectivity index (χ0v) is 12.5. The highest BCUT2D eigenvalue weighted by Gasteiger charge is 2.09. The zero-order valence-electron chi connectivity index (χ0n) is 10.9. The number of nitrogens with one attached hydrogen (secondary N) is 2. The van der Waals surface area contributed by atoms with Crippen LogP contribution in [0.15, 0.2) is 28.7 Å². The third-order valence-electron chi connectivity index (χ3n) is 2.23. The van der Waals surface area contributed by atoms with Crippen molar-refractivity contribution < 1.29 is 19.1 Å². The van der Waals surface area contributed by atoms with Crippen molar-refractivity contribution in [3.63, 3.8) is 0 Å². The lowest BCUT2D eigenvalue weighted by Crippen LogP contribution is -2.39. The van der Waals surface area contributed by atoms with Crippen LogP contribution in [0.2, 0.25) is 0 Å². The molecule has 0 bridgehead atoms.